The van der Waals surface area contributed by atoms with Crippen molar-refractivity contribution in [3.63, 3.8) is 0 Å². The molecular formula is C20H25FN2O4. The van der Waals surface area contributed by atoms with Crippen LogP contribution in [0, 0.1) is 5.82 Å². The minimum atomic E-state index is -1.33. The molecule has 1 saturated heterocycles. The molecule has 2 aliphatic rings. The third kappa shape index (κ3) is 4.28. The Balaban J connectivity index is 1.64. The molecule has 146 valence electrons. The number of carbonyl (C=O) groups is 3. The van der Waals surface area contributed by atoms with Crippen LogP contribution >= 0.6 is 0 Å². The number of nitrogens with one attached hydrogen (secondary N) is 1. The van der Waals surface area contributed by atoms with Crippen molar-refractivity contribution in [3.8, 4) is 0 Å². The third-order valence-corrected chi connectivity index (χ3v) is 5.33. The number of halogens is 1. The molecule has 1 aromatic carbocycles. The predicted molar refractivity (Wildman–Crippen MR) is 96.2 cm³/mol. The van der Waals surface area contributed by atoms with Crippen LogP contribution in [-0.2, 0) is 19.9 Å². The standard InChI is InChI=1S/C20H25FN2O4/c1-20(14-9-11-15(21)12-10-14)18(25)23(19(26)22-20)13-17(24)27-16-7-5-3-2-4-6-8-16/h9-12,16H,2-8,13H2,1H3,(H,22,26)/t20-/m1/s1. The summed E-state index contributed by atoms with van der Waals surface area (Å²) in [7, 11) is 0. The van der Waals surface area contributed by atoms with Crippen LogP contribution in [0.2, 0.25) is 0 Å². The maximum Gasteiger partial charge on any atom is 0.326 e. The van der Waals surface area contributed by atoms with Gasteiger partial charge < -0.3 is 10.1 Å². The van der Waals surface area contributed by atoms with E-state index in [1.807, 2.05) is 0 Å². The summed E-state index contributed by atoms with van der Waals surface area (Å²) in [5, 5.41) is 2.60. The number of rotatable bonds is 4. The van der Waals surface area contributed by atoms with Gasteiger partial charge in [-0.25, -0.2) is 9.18 Å². The first-order chi connectivity index (χ1) is 12.9. The molecule has 6 nitrogen and oxygen atoms in total. The highest BCUT2D eigenvalue weighted by molar-refractivity contribution is 6.08. The van der Waals surface area contributed by atoms with Crippen LogP contribution in [0.25, 0.3) is 0 Å². The highest BCUT2D eigenvalue weighted by Gasteiger charge is 2.49. The number of esters is 1. The largest absolute Gasteiger partial charge is 0.461 e. The second-order valence-corrected chi connectivity index (χ2v) is 7.41. The molecule has 7 heteroatoms. The van der Waals surface area contributed by atoms with Crippen molar-refractivity contribution < 1.29 is 23.5 Å². The van der Waals surface area contributed by atoms with E-state index in [4.69, 9.17) is 4.74 Å². The summed E-state index contributed by atoms with van der Waals surface area (Å²) in [6.07, 6.45) is 7.01. The Morgan fingerprint density at radius 3 is 2.37 bits per heavy atom. The van der Waals surface area contributed by atoms with Crippen molar-refractivity contribution in [2.24, 2.45) is 0 Å². The van der Waals surface area contributed by atoms with Crippen LogP contribution in [0.15, 0.2) is 24.3 Å². The number of benzene rings is 1. The molecule has 1 saturated carbocycles. The van der Waals surface area contributed by atoms with Crippen LogP contribution in [0.5, 0.6) is 0 Å². The van der Waals surface area contributed by atoms with E-state index in [9.17, 15) is 18.8 Å². The van der Waals surface area contributed by atoms with Crippen LogP contribution in [0.3, 0.4) is 0 Å². The van der Waals surface area contributed by atoms with E-state index in [0.717, 1.165) is 43.4 Å². The van der Waals surface area contributed by atoms with Crippen LogP contribution < -0.4 is 5.32 Å². The monoisotopic (exact) mass is 376 g/mol. The Bertz CT molecular complexity index is 713. The molecule has 0 bridgehead atoms. The van der Waals surface area contributed by atoms with Crippen LogP contribution in [-0.4, -0.2) is 35.5 Å². The number of amides is 3. The van der Waals surface area contributed by atoms with E-state index in [2.05, 4.69) is 5.32 Å². The molecule has 0 unspecified atom stereocenters. The molecule has 3 rings (SSSR count). The van der Waals surface area contributed by atoms with E-state index in [1.54, 1.807) is 6.92 Å². The summed E-state index contributed by atoms with van der Waals surface area (Å²) >= 11 is 0. The topological polar surface area (TPSA) is 75.7 Å². The van der Waals surface area contributed by atoms with Crippen molar-refractivity contribution in [1.82, 2.24) is 10.2 Å². The molecule has 2 fully saturated rings. The number of imide groups is 1. The average molecular weight is 376 g/mol. The fourth-order valence-corrected chi connectivity index (χ4v) is 3.71. The van der Waals surface area contributed by atoms with Gasteiger partial charge in [-0.05, 0) is 50.3 Å². The van der Waals surface area contributed by atoms with E-state index < -0.39 is 35.8 Å². The second-order valence-electron chi connectivity index (χ2n) is 7.41. The van der Waals surface area contributed by atoms with Crippen molar-refractivity contribution in [1.29, 1.82) is 0 Å². The number of nitrogens with zero attached hydrogens (tertiary/aromatic N) is 1. The van der Waals surface area contributed by atoms with Gasteiger partial charge in [-0.15, -0.1) is 0 Å². The molecule has 1 aliphatic heterocycles. The summed E-state index contributed by atoms with van der Waals surface area (Å²) in [5.41, 5.74) is -0.871. The van der Waals surface area contributed by atoms with Gasteiger partial charge in [-0.1, -0.05) is 31.4 Å². The average Bonchev–Trinajstić information content (AvgIpc) is 2.82. The molecule has 1 N–H and O–H groups in total. The lowest BCUT2D eigenvalue weighted by atomic mass is 9.92. The van der Waals surface area contributed by atoms with Crippen LogP contribution in [0.4, 0.5) is 9.18 Å². The smallest absolute Gasteiger partial charge is 0.326 e. The van der Waals surface area contributed by atoms with E-state index in [1.165, 1.54) is 30.7 Å². The van der Waals surface area contributed by atoms with E-state index in [0.29, 0.717) is 5.56 Å². The summed E-state index contributed by atoms with van der Waals surface area (Å²) in [5.74, 6) is -1.56. The Labute approximate surface area is 158 Å². The lowest BCUT2D eigenvalue weighted by molar-refractivity contribution is -0.153. The maximum atomic E-state index is 13.2. The van der Waals surface area contributed by atoms with Gasteiger partial charge in [0.1, 0.15) is 24.0 Å². The van der Waals surface area contributed by atoms with Gasteiger partial charge in [0.25, 0.3) is 5.91 Å². The molecule has 1 heterocycles. The lowest BCUT2D eigenvalue weighted by Crippen LogP contribution is -2.42. The maximum absolute atomic E-state index is 13.2. The van der Waals surface area contributed by atoms with Gasteiger partial charge in [0.05, 0.1) is 0 Å². The van der Waals surface area contributed by atoms with Gasteiger partial charge in [-0.2, -0.15) is 0 Å². The zero-order valence-corrected chi connectivity index (χ0v) is 15.5. The fourth-order valence-electron chi connectivity index (χ4n) is 3.71. The highest BCUT2D eigenvalue weighted by Crippen LogP contribution is 2.29. The molecule has 1 aromatic rings. The van der Waals surface area contributed by atoms with Crippen LogP contribution in [0.1, 0.15) is 57.4 Å². The summed E-state index contributed by atoms with van der Waals surface area (Å²) in [6.45, 7) is 1.12. The van der Waals surface area contributed by atoms with Gasteiger partial charge in [0.15, 0.2) is 0 Å². The van der Waals surface area contributed by atoms with Gasteiger partial charge in [0.2, 0.25) is 0 Å². The zero-order chi connectivity index (χ0) is 19.4. The Morgan fingerprint density at radius 1 is 1.15 bits per heavy atom. The quantitative estimate of drug-likeness (QED) is 0.647. The Kier molecular flexibility index (Phi) is 5.77. The molecule has 0 spiro atoms. The number of carbonyl (C=O) groups excluding carboxylic acids is 3. The van der Waals surface area contributed by atoms with Crippen molar-refractivity contribution in [2.45, 2.75) is 63.5 Å². The summed E-state index contributed by atoms with van der Waals surface area (Å²) in [4.78, 5) is 38.2. The first kappa shape index (κ1) is 19.3. The first-order valence-corrected chi connectivity index (χ1v) is 9.50. The first-order valence-electron chi connectivity index (χ1n) is 9.50. The van der Waals surface area contributed by atoms with Crippen molar-refractivity contribution in [2.75, 3.05) is 6.54 Å². The minimum absolute atomic E-state index is 0.151. The van der Waals surface area contributed by atoms with Gasteiger partial charge >= 0.3 is 12.0 Å². The molecule has 27 heavy (non-hydrogen) atoms. The number of urea groups is 1. The molecule has 3 amide bonds. The molecule has 0 aromatic heterocycles. The number of hydrogen-bond acceptors (Lipinski definition) is 4. The highest BCUT2D eigenvalue weighted by atomic mass is 19.1. The fraction of sp³-hybridized carbons (Fsp3) is 0.550. The minimum Gasteiger partial charge on any atom is -0.461 e. The predicted octanol–water partition coefficient (Wildman–Crippen LogP) is 3.25. The normalized spacial score (nSPS) is 24.3. The van der Waals surface area contributed by atoms with Crippen molar-refractivity contribution >= 4 is 17.9 Å². The molecule has 0 radical (unpaired) electrons. The van der Waals surface area contributed by atoms with Crippen molar-refractivity contribution in [3.05, 3.63) is 35.6 Å². The summed E-state index contributed by atoms with van der Waals surface area (Å²) < 4.78 is 18.7. The lowest BCUT2D eigenvalue weighted by Gasteiger charge is -2.23. The Morgan fingerprint density at radius 2 is 1.74 bits per heavy atom. The molecular weight excluding hydrogens is 351 g/mol. The third-order valence-electron chi connectivity index (χ3n) is 5.33. The number of ether oxygens (including phenoxy) is 1. The molecule has 1 aliphatic carbocycles. The SMILES string of the molecule is C[C@]1(c2ccc(F)cc2)NC(=O)N(CC(=O)OC2CCCCCCC2)C1=O. The number of hydrogen-bond donors (Lipinski definition) is 1. The zero-order valence-electron chi connectivity index (χ0n) is 15.5. The van der Waals surface area contributed by atoms with E-state index in [-0.39, 0.29) is 6.10 Å². The molecule has 1 atom stereocenters. The Hall–Kier alpha value is -2.44. The van der Waals surface area contributed by atoms with E-state index >= 15 is 0 Å². The van der Waals surface area contributed by atoms with Gasteiger partial charge in [-0.3, -0.25) is 14.5 Å². The second kappa shape index (κ2) is 8.06. The van der Waals surface area contributed by atoms with Gasteiger partial charge in [0, 0.05) is 0 Å². The summed E-state index contributed by atoms with van der Waals surface area (Å²) in [6, 6.07) is 4.70.